The van der Waals surface area contributed by atoms with E-state index in [2.05, 4.69) is 13.8 Å². The Kier molecular flexibility index (Phi) is 6.65. The van der Waals surface area contributed by atoms with Gasteiger partial charge < -0.3 is 14.6 Å². The summed E-state index contributed by atoms with van der Waals surface area (Å²) in [6, 6.07) is 0. The number of ether oxygens (including phenoxy) is 2. The molecule has 0 radical (unpaired) electrons. The SMILES string of the molecule is CCOC(CCOC1CC(C)CC(C)C1)C(=O)O. The minimum atomic E-state index is -0.897. The second kappa shape index (κ2) is 7.74. The first kappa shape index (κ1) is 15.4. The van der Waals surface area contributed by atoms with E-state index in [4.69, 9.17) is 14.6 Å². The molecule has 1 aliphatic rings. The predicted molar refractivity (Wildman–Crippen MR) is 69.6 cm³/mol. The highest BCUT2D eigenvalue weighted by molar-refractivity contribution is 5.72. The first-order valence-corrected chi connectivity index (χ1v) is 6.98. The van der Waals surface area contributed by atoms with E-state index in [-0.39, 0.29) is 0 Å². The van der Waals surface area contributed by atoms with Gasteiger partial charge in [0.25, 0.3) is 0 Å². The molecule has 1 rings (SSSR count). The van der Waals surface area contributed by atoms with Gasteiger partial charge in [0.2, 0.25) is 0 Å². The van der Waals surface area contributed by atoms with Gasteiger partial charge in [0.05, 0.1) is 6.10 Å². The van der Waals surface area contributed by atoms with Gasteiger partial charge in [-0.25, -0.2) is 4.79 Å². The molecule has 18 heavy (non-hydrogen) atoms. The van der Waals surface area contributed by atoms with Crippen molar-refractivity contribution in [2.45, 2.75) is 58.7 Å². The Balaban J connectivity index is 2.25. The van der Waals surface area contributed by atoms with E-state index >= 15 is 0 Å². The normalized spacial score (nSPS) is 30.1. The zero-order chi connectivity index (χ0) is 13.5. The number of carboxylic acid groups (broad SMARTS) is 1. The van der Waals surface area contributed by atoms with Crippen LogP contribution in [0.25, 0.3) is 0 Å². The Bertz CT molecular complexity index is 244. The predicted octanol–water partition coefficient (Wildman–Crippen LogP) is 2.71. The molecule has 4 nitrogen and oxygen atoms in total. The number of rotatable bonds is 7. The summed E-state index contributed by atoms with van der Waals surface area (Å²) in [6.45, 7) is 7.22. The van der Waals surface area contributed by atoms with Crippen molar-refractivity contribution in [3.8, 4) is 0 Å². The highest BCUT2D eigenvalue weighted by atomic mass is 16.5. The van der Waals surface area contributed by atoms with Gasteiger partial charge >= 0.3 is 5.97 Å². The third-order valence-electron chi connectivity index (χ3n) is 3.51. The quantitative estimate of drug-likeness (QED) is 0.763. The van der Waals surface area contributed by atoms with Gasteiger partial charge in [-0.1, -0.05) is 13.8 Å². The average Bonchev–Trinajstić information content (AvgIpc) is 2.26. The van der Waals surface area contributed by atoms with Crippen molar-refractivity contribution in [3.05, 3.63) is 0 Å². The highest BCUT2D eigenvalue weighted by Crippen LogP contribution is 2.30. The molecule has 3 atom stereocenters. The molecular weight excluding hydrogens is 232 g/mol. The van der Waals surface area contributed by atoms with Crippen LogP contribution < -0.4 is 0 Å². The third kappa shape index (κ3) is 5.36. The molecule has 0 saturated heterocycles. The van der Waals surface area contributed by atoms with Crippen LogP contribution in [0.1, 0.15) is 46.5 Å². The Labute approximate surface area is 110 Å². The maximum absolute atomic E-state index is 10.9. The molecule has 0 spiro atoms. The smallest absolute Gasteiger partial charge is 0.332 e. The van der Waals surface area contributed by atoms with E-state index in [0.29, 0.717) is 37.6 Å². The molecule has 0 amide bonds. The summed E-state index contributed by atoms with van der Waals surface area (Å²) in [5, 5.41) is 8.94. The van der Waals surface area contributed by atoms with Gasteiger partial charge in [0.1, 0.15) is 0 Å². The van der Waals surface area contributed by atoms with Crippen LogP contribution >= 0.6 is 0 Å². The molecule has 0 aromatic carbocycles. The van der Waals surface area contributed by atoms with E-state index in [0.717, 1.165) is 12.8 Å². The molecule has 106 valence electrons. The molecule has 1 saturated carbocycles. The lowest BCUT2D eigenvalue weighted by Gasteiger charge is -2.31. The van der Waals surface area contributed by atoms with Crippen LogP contribution in [-0.4, -0.2) is 36.5 Å². The van der Waals surface area contributed by atoms with Crippen LogP contribution in [0.5, 0.6) is 0 Å². The molecule has 4 heteroatoms. The van der Waals surface area contributed by atoms with E-state index in [1.165, 1.54) is 6.42 Å². The fourth-order valence-electron chi connectivity index (χ4n) is 2.83. The molecule has 0 bridgehead atoms. The zero-order valence-corrected chi connectivity index (χ0v) is 11.7. The van der Waals surface area contributed by atoms with Gasteiger partial charge in [-0.3, -0.25) is 0 Å². The van der Waals surface area contributed by atoms with E-state index in [1.807, 2.05) is 0 Å². The molecule has 0 heterocycles. The van der Waals surface area contributed by atoms with Crippen molar-refractivity contribution < 1.29 is 19.4 Å². The number of hydrogen-bond donors (Lipinski definition) is 1. The fraction of sp³-hybridized carbons (Fsp3) is 0.929. The van der Waals surface area contributed by atoms with Gasteiger partial charge in [-0.15, -0.1) is 0 Å². The lowest BCUT2D eigenvalue weighted by Crippen LogP contribution is -2.29. The number of carbonyl (C=O) groups is 1. The van der Waals surface area contributed by atoms with Crippen LogP contribution in [0.15, 0.2) is 0 Å². The second-order valence-electron chi connectivity index (χ2n) is 5.48. The largest absolute Gasteiger partial charge is 0.479 e. The Hall–Kier alpha value is -0.610. The van der Waals surface area contributed by atoms with E-state index in [1.54, 1.807) is 6.92 Å². The van der Waals surface area contributed by atoms with Crippen LogP contribution in [0.2, 0.25) is 0 Å². The number of carboxylic acids is 1. The topological polar surface area (TPSA) is 55.8 Å². The van der Waals surface area contributed by atoms with Crippen molar-refractivity contribution in [1.82, 2.24) is 0 Å². The number of aliphatic carboxylic acids is 1. The molecule has 0 aromatic rings. The summed E-state index contributed by atoms with van der Waals surface area (Å²) in [5.74, 6) is 0.521. The Morgan fingerprint density at radius 3 is 2.39 bits per heavy atom. The summed E-state index contributed by atoms with van der Waals surface area (Å²) in [7, 11) is 0. The minimum Gasteiger partial charge on any atom is -0.479 e. The van der Waals surface area contributed by atoms with Crippen molar-refractivity contribution in [2.75, 3.05) is 13.2 Å². The molecular formula is C14H26O4. The summed E-state index contributed by atoms with van der Waals surface area (Å²) < 4.78 is 11.0. The maximum atomic E-state index is 10.9. The van der Waals surface area contributed by atoms with Gasteiger partial charge in [0, 0.05) is 19.6 Å². The van der Waals surface area contributed by atoms with Crippen molar-refractivity contribution in [2.24, 2.45) is 11.8 Å². The third-order valence-corrected chi connectivity index (χ3v) is 3.51. The lowest BCUT2D eigenvalue weighted by atomic mass is 9.82. The first-order chi connectivity index (χ1) is 8.52. The monoisotopic (exact) mass is 258 g/mol. The summed E-state index contributed by atoms with van der Waals surface area (Å²) >= 11 is 0. The highest BCUT2D eigenvalue weighted by Gasteiger charge is 2.25. The molecule has 1 N–H and O–H groups in total. The van der Waals surface area contributed by atoms with Crippen molar-refractivity contribution in [3.63, 3.8) is 0 Å². The first-order valence-electron chi connectivity index (χ1n) is 6.98. The standard InChI is InChI=1S/C14H26O4/c1-4-17-13(14(15)16)5-6-18-12-8-10(2)7-11(3)9-12/h10-13H,4-9H2,1-3H3,(H,15,16). The lowest BCUT2D eigenvalue weighted by molar-refractivity contribution is -0.152. The van der Waals surface area contributed by atoms with Gasteiger partial charge in [-0.05, 0) is 38.0 Å². The van der Waals surface area contributed by atoms with Crippen LogP contribution in [0.4, 0.5) is 0 Å². The van der Waals surface area contributed by atoms with Gasteiger partial charge in [-0.2, -0.15) is 0 Å². The number of hydrogen-bond acceptors (Lipinski definition) is 3. The zero-order valence-electron chi connectivity index (χ0n) is 11.7. The second-order valence-corrected chi connectivity index (χ2v) is 5.48. The Morgan fingerprint density at radius 1 is 1.28 bits per heavy atom. The maximum Gasteiger partial charge on any atom is 0.332 e. The summed E-state index contributed by atoms with van der Waals surface area (Å²) in [5.41, 5.74) is 0. The summed E-state index contributed by atoms with van der Waals surface area (Å²) in [4.78, 5) is 10.9. The molecule has 1 aliphatic carbocycles. The van der Waals surface area contributed by atoms with Crippen LogP contribution in [-0.2, 0) is 14.3 Å². The average molecular weight is 258 g/mol. The molecule has 0 aromatic heterocycles. The molecule has 1 fully saturated rings. The van der Waals surface area contributed by atoms with Crippen LogP contribution in [0.3, 0.4) is 0 Å². The van der Waals surface area contributed by atoms with Crippen molar-refractivity contribution in [1.29, 1.82) is 0 Å². The molecule has 0 aliphatic heterocycles. The Morgan fingerprint density at radius 2 is 1.89 bits per heavy atom. The van der Waals surface area contributed by atoms with E-state index in [9.17, 15) is 4.79 Å². The molecule has 3 unspecified atom stereocenters. The fourth-order valence-corrected chi connectivity index (χ4v) is 2.83. The minimum absolute atomic E-state index is 0.292. The van der Waals surface area contributed by atoms with E-state index < -0.39 is 12.1 Å². The van der Waals surface area contributed by atoms with Crippen molar-refractivity contribution >= 4 is 5.97 Å². The summed E-state index contributed by atoms with van der Waals surface area (Å²) in [6.07, 6.45) is 3.46. The van der Waals surface area contributed by atoms with Gasteiger partial charge in [0.15, 0.2) is 6.10 Å². The van der Waals surface area contributed by atoms with Crippen LogP contribution in [0, 0.1) is 11.8 Å².